The summed E-state index contributed by atoms with van der Waals surface area (Å²) in [6.07, 6.45) is 2.61. The summed E-state index contributed by atoms with van der Waals surface area (Å²) < 4.78 is 0. The maximum Gasteiger partial charge on any atom is 0.288 e. The monoisotopic (exact) mass is 306 g/mol. The van der Waals surface area contributed by atoms with Crippen LogP contribution in [-0.4, -0.2) is 20.8 Å². The molecular weight excluding hydrogens is 296 g/mol. The fourth-order valence-electron chi connectivity index (χ4n) is 1.68. The number of nitrogens with zero attached hydrogens (tertiary/aromatic N) is 3. The molecule has 0 fully saturated rings. The van der Waals surface area contributed by atoms with E-state index in [4.69, 9.17) is 11.6 Å². The molecule has 7 nitrogen and oxygen atoms in total. The van der Waals surface area contributed by atoms with Crippen molar-refractivity contribution in [2.45, 2.75) is 13.0 Å². The number of carbonyl (C=O) groups is 1. The molecule has 1 amide bonds. The summed E-state index contributed by atoms with van der Waals surface area (Å²) in [7, 11) is 0. The molecule has 1 N–H and O–H groups in total. The van der Waals surface area contributed by atoms with Gasteiger partial charge in [0.1, 0.15) is 11.3 Å². The molecule has 2 rings (SSSR count). The molecule has 2 aromatic rings. The van der Waals surface area contributed by atoms with E-state index >= 15 is 0 Å². The number of pyridine rings is 2. The number of rotatable bonds is 4. The number of carbonyl (C=O) groups excluding carboxylic acids is 1. The zero-order chi connectivity index (χ0) is 15.4. The van der Waals surface area contributed by atoms with Gasteiger partial charge >= 0.3 is 0 Å². The van der Waals surface area contributed by atoms with E-state index in [1.807, 2.05) is 0 Å². The van der Waals surface area contributed by atoms with Crippen LogP contribution in [0.2, 0.25) is 5.15 Å². The van der Waals surface area contributed by atoms with Gasteiger partial charge in [-0.05, 0) is 19.1 Å². The highest BCUT2D eigenvalue weighted by Crippen LogP contribution is 2.20. The topological polar surface area (TPSA) is 98.0 Å². The first-order valence-electron chi connectivity index (χ1n) is 6.00. The lowest BCUT2D eigenvalue weighted by molar-refractivity contribution is -0.385. The zero-order valence-corrected chi connectivity index (χ0v) is 11.7. The molecule has 0 radical (unpaired) electrons. The molecule has 2 heterocycles. The van der Waals surface area contributed by atoms with Gasteiger partial charge in [-0.15, -0.1) is 0 Å². The van der Waals surface area contributed by atoms with Crippen LogP contribution >= 0.6 is 11.6 Å². The van der Waals surface area contributed by atoms with E-state index in [0.717, 1.165) is 12.3 Å². The van der Waals surface area contributed by atoms with Crippen LogP contribution in [0, 0.1) is 10.1 Å². The van der Waals surface area contributed by atoms with E-state index in [1.54, 1.807) is 31.3 Å². The fraction of sp³-hybridized carbons (Fsp3) is 0.154. The molecule has 1 unspecified atom stereocenters. The van der Waals surface area contributed by atoms with Crippen molar-refractivity contribution >= 4 is 23.2 Å². The van der Waals surface area contributed by atoms with Gasteiger partial charge in [-0.3, -0.25) is 19.9 Å². The largest absolute Gasteiger partial charge is 0.344 e. The molecule has 0 aliphatic carbocycles. The van der Waals surface area contributed by atoms with Gasteiger partial charge in [0.15, 0.2) is 0 Å². The fourth-order valence-corrected chi connectivity index (χ4v) is 1.87. The maximum absolute atomic E-state index is 12.1. The quantitative estimate of drug-likeness (QED) is 0.531. The minimum absolute atomic E-state index is 0.0475. The number of hydrogen-bond acceptors (Lipinski definition) is 5. The zero-order valence-electron chi connectivity index (χ0n) is 11.0. The highest BCUT2D eigenvalue weighted by Gasteiger charge is 2.19. The average molecular weight is 307 g/mol. The Bertz CT molecular complexity index is 678. The van der Waals surface area contributed by atoms with E-state index in [-0.39, 0.29) is 22.4 Å². The number of aromatic nitrogens is 2. The van der Waals surface area contributed by atoms with Crippen LogP contribution in [0.3, 0.4) is 0 Å². The molecule has 0 saturated carbocycles. The Hall–Kier alpha value is -2.54. The van der Waals surface area contributed by atoms with Crippen molar-refractivity contribution in [3.8, 4) is 0 Å². The molecule has 2 aromatic heterocycles. The normalized spacial score (nSPS) is 11.7. The van der Waals surface area contributed by atoms with E-state index in [0.29, 0.717) is 5.69 Å². The van der Waals surface area contributed by atoms with Gasteiger partial charge in [-0.25, -0.2) is 4.98 Å². The maximum atomic E-state index is 12.1. The van der Waals surface area contributed by atoms with E-state index in [1.165, 1.54) is 0 Å². The summed E-state index contributed by atoms with van der Waals surface area (Å²) in [6, 6.07) is 6.05. The number of halogens is 1. The van der Waals surface area contributed by atoms with Gasteiger partial charge in [0, 0.05) is 12.3 Å². The molecule has 0 aromatic carbocycles. The minimum Gasteiger partial charge on any atom is -0.344 e. The van der Waals surface area contributed by atoms with Gasteiger partial charge < -0.3 is 5.32 Å². The molecule has 1 atom stereocenters. The smallest absolute Gasteiger partial charge is 0.288 e. The standard InChI is InChI=1S/C13H11ClN4O3/c1-8(11-4-2-3-5-15-11)17-13(19)10-6-9(18(20)21)7-16-12(10)14/h2-8H,1H3,(H,17,19). The van der Waals surface area contributed by atoms with E-state index in [9.17, 15) is 14.9 Å². The Kier molecular flexibility index (Phi) is 4.44. The molecule has 0 aliphatic rings. The number of nitrogens with one attached hydrogen (secondary N) is 1. The molecule has 0 aliphatic heterocycles. The molecule has 0 bridgehead atoms. The Morgan fingerprint density at radius 1 is 1.43 bits per heavy atom. The Morgan fingerprint density at radius 3 is 2.81 bits per heavy atom. The summed E-state index contributed by atoms with van der Waals surface area (Å²) in [5.41, 5.74) is 0.323. The van der Waals surface area contributed by atoms with Gasteiger partial charge in [-0.1, -0.05) is 17.7 Å². The van der Waals surface area contributed by atoms with Crippen LogP contribution < -0.4 is 5.32 Å². The van der Waals surface area contributed by atoms with Crippen molar-refractivity contribution < 1.29 is 9.72 Å². The van der Waals surface area contributed by atoms with Crippen molar-refractivity contribution in [3.05, 3.63) is 63.2 Å². The van der Waals surface area contributed by atoms with Crippen molar-refractivity contribution in [2.75, 3.05) is 0 Å². The van der Waals surface area contributed by atoms with Crippen LogP contribution in [0.1, 0.15) is 29.0 Å². The van der Waals surface area contributed by atoms with Crippen molar-refractivity contribution in [2.24, 2.45) is 0 Å². The molecule has 8 heteroatoms. The van der Waals surface area contributed by atoms with Crippen LogP contribution in [0.4, 0.5) is 5.69 Å². The van der Waals surface area contributed by atoms with E-state index in [2.05, 4.69) is 15.3 Å². The van der Waals surface area contributed by atoms with Crippen molar-refractivity contribution in [3.63, 3.8) is 0 Å². The summed E-state index contributed by atoms with van der Waals surface area (Å²) in [4.78, 5) is 30.0. The van der Waals surface area contributed by atoms with Crippen LogP contribution in [0.5, 0.6) is 0 Å². The molecule has 0 saturated heterocycles. The first kappa shape index (κ1) is 14.9. The van der Waals surface area contributed by atoms with Crippen molar-refractivity contribution in [1.29, 1.82) is 0 Å². The molecule has 21 heavy (non-hydrogen) atoms. The van der Waals surface area contributed by atoms with Crippen molar-refractivity contribution in [1.82, 2.24) is 15.3 Å². The predicted molar refractivity (Wildman–Crippen MR) is 76.0 cm³/mol. The van der Waals surface area contributed by atoms with Gasteiger partial charge in [0.05, 0.1) is 22.2 Å². The molecular formula is C13H11ClN4O3. The van der Waals surface area contributed by atoms with Crippen LogP contribution in [0.25, 0.3) is 0 Å². The van der Waals surface area contributed by atoms with Crippen LogP contribution in [-0.2, 0) is 0 Å². The first-order valence-corrected chi connectivity index (χ1v) is 6.38. The Labute approximate surface area is 125 Å². The van der Waals surface area contributed by atoms with E-state index < -0.39 is 10.8 Å². The Balaban J connectivity index is 2.21. The van der Waals surface area contributed by atoms with Crippen LogP contribution in [0.15, 0.2) is 36.7 Å². The average Bonchev–Trinajstić information content (AvgIpc) is 2.48. The third kappa shape index (κ3) is 3.51. The predicted octanol–water partition coefficient (Wildman–Crippen LogP) is 2.53. The Morgan fingerprint density at radius 2 is 2.19 bits per heavy atom. The second-order valence-electron chi connectivity index (χ2n) is 4.24. The summed E-state index contributed by atoms with van der Waals surface area (Å²) >= 11 is 5.82. The highest BCUT2D eigenvalue weighted by molar-refractivity contribution is 6.32. The minimum atomic E-state index is -0.637. The van der Waals surface area contributed by atoms with Gasteiger partial charge in [0.2, 0.25) is 0 Å². The molecule has 108 valence electrons. The second-order valence-corrected chi connectivity index (χ2v) is 4.60. The third-order valence-electron chi connectivity index (χ3n) is 2.76. The van der Waals surface area contributed by atoms with Gasteiger partial charge in [-0.2, -0.15) is 0 Å². The summed E-state index contributed by atoms with van der Waals surface area (Å²) in [6.45, 7) is 1.75. The number of amides is 1. The number of hydrogen-bond donors (Lipinski definition) is 1. The summed E-state index contributed by atoms with van der Waals surface area (Å²) in [5, 5.41) is 13.3. The number of nitro groups is 1. The lowest BCUT2D eigenvalue weighted by Gasteiger charge is -2.13. The third-order valence-corrected chi connectivity index (χ3v) is 3.06. The lowest BCUT2D eigenvalue weighted by Crippen LogP contribution is -2.27. The summed E-state index contributed by atoms with van der Waals surface area (Å²) in [5.74, 6) is -0.547. The first-order chi connectivity index (χ1) is 9.99. The second kappa shape index (κ2) is 6.27. The highest BCUT2D eigenvalue weighted by atomic mass is 35.5. The lowest BCUT2D eigenvalue weighted by atomic mass is 10.2. The molecule has 0 spiro atoms. The van der Waals surface area contributed by atoms with Gasteiger partial charge in [0.25, 0.3) is 11.6 Å². The SMILES string of the molecule is CC(NC(=O)c1cc([N+](=O)[O-])cnc1Cl)c1ccccn1.